The van der Waals surface area contributed by atoms with Gasteiger partial charge in [-0.25, -0.2) is 0 Å². The zero-order chi connectivity index (χ0) is 13.1. The molecule has 1 unspecified atom stereocenters. The fourth-order valence-corrected chi connectivity index (χ4v) is 1.50. The summed E-state index contributed by atoms with van der Waals surface area (Å²) in [5.41, 5.74) is 0. The number of hydrogen-bond donors (Lipinski definition) is 3. The van der Waals surface area contributed by atoms with Gasteiger partial charge >= 0.3 is 0 Å². The zero-order valence-electron chi connectivity index (χ0n) is 11.5. The van der Waals surface area contributed by atoms with Crippen LogP contribution in [0.3, 0.4) is 0 Å². The highest BCUT2D eigenvalue weighted by Gasteiger charge is 2.02. The molecule has 0 aromatic rings. The molecule has 0 fully saturated rings. The van der Waals surface area contributed by atoms with Crippen LogP contribution in [0.2, 0.25) is 0 Å². The van der Waals surface area contributed by atoms with Crippen LogP contribution in [0.4, 0.5) is 0 Å². The van der Waals surface area contributed by atoms with Crippen molar-refractivity contribution in [1.29, 1.82) is 0 Å². The maximum absolute atomic E-state index is 11.4. The van der Waals surface area contributed by atoms with E-state index in [-0.39, 0.29) is 12.5 Å². The zero-order valence-corrected chi connectivity index (χ0v) is 11.5. The van der Waals surface area contributed by atoms with E-state index in [4.69, 9.17) is 5.11 Å². The van der Waals surface area contributed by atoms with Crippen LogP contribution < -0.4 is 10.6 Å². The monoisotopic (exact) mass is 244 g/mol. The number of aliphatic hydroxyl groups excluding tert-OH is 1. The van der Waals surface area contributed by atoms with Crippen molar-refractivity contribution in [3.05, 3.63) is 0 Å². The number of amides is 1. The van der Waals surface area contributed by atoms with Gasteiger partial charge in [0.15, 0.2) is 0 Å². The summed E-state index contributed by atoms with van der Waals surface area (Å²) >= 11 is 0. The summed E-state index contributed by atoms with van der Waals surface area (Å²) in [6.45, 7) is 8.06. The van der Waals surface area contributed by atoms with E-state index in [9.17, 15) is 4.79 Å². The van der Waals surface area contributed by atoms with Crippen molar-refractivity contribution < 1.29 is 9.90 Å². The highest BCUT2D eigenvalue weighted by atomic mass is 16.3. The smallest absolute Gasteiger partial charge is 0.220 e. The van der Waals surface area contributed by atoms with E-state index >= 15 is 0 Å². The molecule has 0 spiro atoms. The van der Waals surface area contributed by atoms with E-state index in [0.29, 0.717) is 18.4 Å². The molecule has 1 atom stereocenters. The fourth-order valence-electron chi connectivity index (χ4n) is 1.50. The molecular weight excluding hydrogens is 216 g/mol. The predicted molar refractivity (Wildman–Crippen MR) is 70.9 cm³/mol. The Balaban J connectivity index is 3.29. The minimum absolute atomic E-state index is 0.132. The lowest BCUT2D eigenvalue weighted by molar-refractivity contribution is -0.121. The van der Waals surface area contributed by atoms with Gasteiger partial charge in [0.2, 0.25) is 5.91 Å². The third kappa shape index (κ3) is 11.6. The largest absolute Gasteiger partial charge is 0.396 e. The van der Waals surface area contributed by atoms with E-state index in [1.165, 1.54) is 0 Å². The molecule has 0 aromatic heterocycles. The Labute approximate surface area is 105 Å². The van der Waals surface area contributed by atoms with Crippen molar-refractivity contribution in [3.8, 4) is 0 Å². The molecule has 0 heterocycles. The van der Waals surface area contributed by atoms with Gasteiger partial charge in [0, 0.05) is 25.6 Å². The molecule has 0 saturated carbocycles. The Morgan fingerprint density at radius 2 is 1.88 bits per heavy atom. The van der Waals surface area contributed by atoms with E-state index in [0.717, 1.165) is 32.4 Å². The van der Waals surface area contributed by atoms with Gasteiger partial charge in [-0.2, -0.15) is 0 Å². The Bertz CT molecular complexity index is 196. The van der Waals surface area contributed by atoms with Crippen molar-refractivity contribution >= 4 is 5.91 Å². The topological polar surface area (TPSA) is 61.4 Å². The highest BCUT2D eigenvalue weighted by molar-refractivity contribution is 5.75. The van der Waals surface area contributed by atoms with Crippen molar-refractivity contribution in [2.24, 2.45) is 5.92 Å². The number of rotatable bonds is 10. The fraction of sp³-hybridized carbons (Fsp3) is 0.923. The summed E-state index contributed by atoms with van der Waals surface area (Å²) in [6, 6.07) is 0.484. The Kier molecular flexibility index (Phi) is 10.2. The van der Waals surface area contributed by atoms with Crippen LogP contribution in [-0.4, -0.2) is 36.8 Å². The van der Waals surface area contributed by atoms with Gasteiger partial charge in [-0.3, -0.25) is 4.79 Å². The van der Waals surface area contributed by atoms with Gasteiger partial charge in [-0.15, -0.1) is 0 Å². The van der Waals surface area contributed by atoms with Crippen LogP contribution >= 0.6 is 0 Å². The van der Waals surface area contributed by atoms with Crippen LogP contribution in [-0.2, 0) is 4.79 Å². The van der Waals surface area contributed by atoms with Crippen molar-refractivity contribution in [1.82, 2.24) is 10.6 Å². The van der Waals surface area contributed by atoms with Gasteiger partial charge < -0.3 is 15.7 Å². The summed E-state index contributed by atoms with van der Waals surface area (Å²) in [4.78, 5) is 11.4. The van der Waals surface area contributed by atoms with Crippen LogP contribution in [0.5, 0.6) is 0 Å². The Morgan fingerprint density at radius 1 is 1.18 bits per heavy atom. The lowest BCUT2D eigenvalue weighted by atomic mass is 10.1. The molecule has 4 nitrogen and oxygen atoms in total. The van der Waals surface area contributed by atoms with Crippen LogP contribution in [0.15, 0.2) is 0 Å². The third-order valence-electron chi connectivity index (χ3n) is 2.64. The second kappa shape index (κ2) is 10.5. The maximum atomic E-state index is 11.4. The second-order valence-corrected chi connectivity index (χ2v) is 4.99. The molecule has 0 saturated heterocycles. The minimum atomic E-state index is 0.132. The molecule has 3 N–H and O–H groups in total. The number of hydrogen-bond acceptors (Lipinski definition) is 3. The van der Waals surface area contributed by atoms with Gasteiger partial charge in [-0.05, 0) is 31.7 Å². The summed E-state index contributed by atoms with van der Waals surface area (Å²) < 4.78 is 0. The molecule has 0 radical (unpaired) electrons. The first-order valence-corrected chi connectivity index (χ1v) is 6.67. The normalized spacial score (nSPS) is 12.8. The Hall–Kier alpha value is -0.610. The average molecular weight is 244 g/mol. The van der Waals surface area contributed by atoms with Crippen molar-refractivity contribution in [2.45, 2.75) is 52.5 Å². The van der Waals surface area contributed by atoms with Gasteiger partial charge in [-0.1, -0.05) is 20.8 Å². The second-order valence-electron chi connectivity index (χ2n) is 4.99. The van der Waals surface area contributed by atoms with Gasteiger partial charge in [0.1, 0.15) is 0 Å². The summed E-state index contributed by atoms with van der Waals surface area (Å²) in [6.07, 6.45) is 3.38. The number of nitrogens with one attached hydrogen (secondary N) is 2. The first-order chi connectivity index (χ1) is 8.06. The number of aliphatic hydroxyl groups is 1. The summed E-state index contributed by atoms with van der Waals surface area (Å²) in [5.74, 6) is 0.467. The maximum Gasteiger partial charge on any atom is 0.220 e. The van der Waals surface area contributed by atoms with Gasteiger partial charge in [0.25, 0.3) is 0 Å². The SMILES string of the molecule is CC(CO)CCCNC(=O)CCCNC(C)C. The number of carbonyl (C=O) groups excluding carboxylic acids is 1. The molecule has 0 aliphatic heterocycles. The van der Waals surface area contributed by atoms with E-state index in [2.05, 4.69) is 24.5 Å². The highest BCUT2D eigenvalue weighted by Crippen LogP contribution is 2.02. The summed E-state index contributed by atoms with van der Waals surface area (Å²) in [7, 11) is 0. The standard InChI is InChI=1S/C13H28N2O2/c1-11(2)14-8-5-7-13(17)15-9-4-6-12(3)10-16/h11-12,14,16H,4-10H2,1-3H3,(H,15,17). The quantitative estimate of drug-likeness (QED) is 0.507. The summed E-state index contributed by atoms with van der Waals surface area (Å²) in [5, 5.41) is 15.0. The first kappa shape index (κ1) is 16.4. The van der Waals surface area contributed by atoms with Gasteiger partial charge in [0.05, 0.1) is 0 Å². The molecule has 102 valence electrons. The molecule has 1 amide bonds. The molecule has 0 aromatic carbocycles. The van der Waals surface area contributed by atoms with E-state index in [1.807, 2.05) is 6.92 Å². The van der Waals surface area contributed by atoms with E-state index in [1.54, 1.807) is 0 Å². The molecule has 0 bridgehead atoms. The predicted octanol–water partition coefficient (Wildman–Crippen LogP) is 1.29. The van der Waals surface area contributed by atoms with Crippen LogP contribution in [0.1, 0.15) is 46.5 Å². The Morgan fingerprint density at radius 3 is 2.47 bits per heavy atom. The molecule has 4 heteroatoms. The number of carbonyl (C=O) groups is 1. The van der Waals surface area contributed by atoms with Crippen LogP contribution in [0, 0.1) is 5.92 Å². The molecule has 0 aliphatic rings. The minimum Gasteiger partial charge on any atom is -0.396 e. The third-order valence-corrected chi connectivity index (χ3v) is 2.64. The average Bonchev–Trinajstić information content (AvgIpc) is 2.29. The van der Waals surface area contributed by atoms with Crippen LogP contribution in [0.25, 0.3) is 0 Å². The first-order valence-electron chi connectivity index (χ1n) is 6.67. The lowest BCUT2D eigenvalue weighted by Crippen LogP contribution is -2.27. The van der Waals surface area contributed by atoms with E-state index < -0.39 is 0 Å². The van der Waals surface area contributed by atoms with Crippen molar-refractivity contribution in [2.75, 3.05) is 19.7 Å². The van der Waals surface area contributed by atoms with Crippen molar-refractivity contribution in [3.63, 3.8) is 0 Å². The molecule has 0 rings (SSSR count). The molecule has 0 aliphatic carbocycles. The molecule has 17 heavy (non-hydrogen) atoms. The lowest BCUT2D eigenvalue weighted by Gasteiger charge is -2.09. The molecular formula is C13H28N2O2.